The molecule has 0 aliphatic rings. The van der Waals surface area contributed by atoms with Gasteiger partial charge in [-0.25, -0.2) is 4.98 Å². The minimum atomic E-state index is -0.504. The molecule has 1 aromatic carbocycles. The molecule has 0 fully saturated rings. The number of pyridine rings is 1. The first-order chi connectivity index (χ1) is 8.15. The molecule has 0 amide bonds. The summed E-state index contributed by atoms with van der Waals surface area (Å²) in [7, 11) is 0. The maximum Gasteiger partial charge on any atom is 0.219 e. The number of aromatic nitrogens is 1. The van der Waals surface area contributed by atoms with E-state index in [1.54, 1.807) is 25.3 Å². The highest BCUT2D eigenvalue weighted by Crippen LogP contribution is 2.21. The molecular formula is C14H15NO2. The summed E-state index contributed by atoms with van der Waals surface area (Å²) in [6, 6.07) is 11.3. The Labute approximate surface area is 101 Å². The van der Waals surface area contributed by atoms with E-state index in [1.807, 2.05) is 31.2 Å². The number of nitrogens with zero attached hydrogens (tertiary/aromatic N) is 1. The fraction of sp³-hybridized carbons (Fsp3) is 0.214. The summed E-state index contributed by atoms with van der Waals surface area (Å²) >= 11 is 0. The Morgan fingerprint density at radius 2 is 1.82 bits per heavy atom. The van der Waals surface area contributed by atoms with Crippen molar-refractivity contribution in [2.24, 2.45) is 0 Å². The Morgan fingerprint density at radius 3 is 2.35 bits per heavy atom. The van der Waals surface area contributed by atoms with Crippen molar-refractivity contribution in [3.63, 3.8) is 0 Å². The lowest BCUT2D eigenvalue weighted by Crippen LogP contribution is -1.93. The minimum Gasteiger partial charge on any atom is -0.439 e. The topological polar surface area (TPSA) is 42.4 Å². The third-order valence-corrected chi connectivity index (χ3v) is 2.49. The third-order valence-electron chi connectivity index (χ3n) is 2.49. The molecule has 17 heavy (non-hydrogen) atoms. The molecule has 0 bridgehead atoms. The number of aliphatic hydroxyl groups excluding tert-OH is 1. The van der Waals surface area contributed by atoms with E-state index in [2.05, 4.69) is 4.98 Å². The summed E-state index contributed by atoms with van der Waals surface area (Å²) < 4.78 is 5.58. The van der Waals surface area contributed by atoms with E-state index in [0.717, 1.165) is 11.3 Å². The predicted molar refractivity (Wildman–Crippen MR) is 66.1 cm³/mol. The molecule has 0 saturated carbocycles. The number of aliphatic hydroxyl groups is 1. The van der Waals surface area contributed by atoms with Crippen LogP contribution in [-0.2, 0) is 0 Å². The molecule has 0 unspecified atom stereocenters. The molecule has 0 saturated heterocycles. The number of benzene rings is 1. The average molecular weight is 229 g/mol. The van der Waals surface area contributed by atoms with E-state index in [1.165, 1.54) is 5.56 Å². The molecule has 1 N–H and O–H groups in total. The lowest BCUT2D eigenvalue weighted by atomic mass is 10.2. The number of rotatable bonds is 3. The van der Waals surface area contributed by atoms with Gasteiger partial charge in [0.2, 0.25) is 5.88 Å². The summed E-state index contributed by atoms with van der Waals surface area (Å²) in [6.45, 7) is 3.73. The molecule has 0 spiro atoms. The second kappa shape index (κ2) is 4.97. The Balaban J connectivity index is 2.11. The average Bonchev–Trinajstić information content (AvgIpc) is 2.33. The van der Waals surface area contributed by atoms with Gasteiger partial charge >= 0.3 is 0 Å². The van der Waals surface area contributed by atoms with Gasteiger partial charge in [-0.05, 0) is 37.6 Å². The van der Waals surface area contributed by atoms with Crippen molar-refractivity contribution in [3.8, 4) is 11.6 Å². The molecule has 0 aliphatic heterocycles. The van der Waals surface area contributed by atoms with Gasteiger partial charge in [-0.3, -0.25) is 0 Å². The molecule has 2 rings (SSSR count). The van der Waals surface area contributed by atoms with Crippen molar-refractivity contribution in [3.05, 3.63) is 53.7 Å². The Kier molecular flexibility index (Phi) is 3.40. The van der Waals surface area contributed by atoms with Crippen LogP contribution in [0.15, 0.2) is 42.6 Å². The van der Waals surface area contributed by atoms with Crippen LogP contribution >= 0.6 is 0 Å². The van der Waals surface area contributed by atoms with Crippen molar-refractivity contribution in [2.45, 2.75) is 20.0 Å². The van der Waals surface area contributed by atoms with Gasteiger partial charge in [0, 0.05) is 12.3 Å². The highest BCUT2D eigenvalue weighted by atomic mass is 16.5. The largest absolute Gasteiger partial charge is 0.439 e. The van der Waals surface area contributed by atoms with Crippen LogP contribution in [0, 0.1) is 6.92 Å². The molecule has 1 atom stereocenters. The number of hydrogen-bond acceptors (Lipinski definition) is 3. The summed E-state index contributed by atoms with van der Waals surface area (Å²) in [6.07, 6.45) is 1.12. The zero-order valence-corrected chi connectivity index (χ0v) is 9.92. The monoisotopic (exact) mass is 229 g/mol. The molecule has 2 aromatic rings. The number of hydrogen-bond donors (Lipinski definition) is 1. The van der Waals surface area contributed by atoms with Gasteiger partial charge in [-0.1, -0.05) is 17.7 Å². The van der Waals surface area contributed by atoms with Crippen LogP contribution < -0.4 is 4.74 Å². The fourth-order valence-corrected chi connectivity index (χ4v) is 1.43. The second-order valence-corrected chi connectivity index (χ2v) is 4.02. The zero-order chi connectivity index (χ0) is 12.3. The predicted octanol–water partition coefficient (Wildman–Crippen LogP) is 3.24. The molecule has 1 heterocycles. The Bertz CT molecular complexity index is 475. The highest BCUT2D eigenvalue weighted by molar-refractivity contribution is 5.30. The van der Waals surface area contributed by atoms with Crippen molar-refractivity contribution in [1.29, 1.82) is 0 Å². The highest BCUT2D eigenvalue weighted by Gasteiger charge is 2.02. The second-order valence-electron chi connectivity index (χ2n) is 4.02. The smallest absolute Gasteiger partial charge is 0.219 e. The molecule has 3 nitrogen and oxygen atoms in total. The van der Waals surface area contributed by atoms with Gasteiger partial charge in [-0.2, -0.15) is 0 Å². The van der Waals surface area contributed by atoms with E-state index < -0.39 is 6.10 Å². The van der Waals surface area contributed by atoms with Crippen molar-refractivity contribution < 1.29 is 9.84 Å². The lowest BCUT2D eigenvalue weighted by Gasteiger charge is -2.07. The molecule has 88 valence electrons. The molecule has 1 aromatic heterocycles. The Morgan fingerprint density at radius 1 is 1.12 bits per heavy atom. The van der Waals surface area contributed by atoms with Crippen molar-refractivity contribution >= 4 is 0 Å². The normalized spacial score (nSPS) is 12.2. The quantitative estimate of drug-likeness (QED) is 0.878. The van der Waals surface area contributed by atoms with Crippen LogP contribution in [0.25, 0.3) is 0 Å². The number of aryl methyl sites for hydroxylation is 1. The van der Waals surface area contributed by atoms with Gasteiger partial charge in [-0.15, -0.1) is 0 Å². The van der Waals surface area contributed by atoms with Gasteiger partial charge < -0.3 is 9.84 Å². The first-order valence-corrected chi connectivity index (χ1v) is 5.54. The van der Waals surface area contributed by atoms with Crippen LogP contribution in [-0.4, -0.2) is 10.1 Å². The Hall–Kier alpha value is -1.87. The first-order valence-electron chi connectivity index (χ1n) is 5.54. The molecule has 0 aliphatic carbocycles. The fourth-order valence-electron chi connectivity index (χ4n) is 1.43. The summed E-state index contributed by atoms with van der Waals surface area (Å²) in [5, 5.41) is 9.35. The maximum atomic E-state index is 9.35. The first kappa shape index (κ1) is 11.6. The van der Waals surface area contributed by atoms with Crippen LogP contribution in [0.1, 0.15) is 24.2 Å². The molecule has 0 radical (unpaired) electrons. The number of ether oxygens (including phenoxy) is 1. The van der Waals surface area contributed by atoms with E-state index >= 15 is 0 Å². The van der Waals surface area contributed by atoms with E-state index in [-0.39, 0.29) is 0 Å². The van der Waals surface area contributed by atoms with E-state index in [0.29, 0.717) is 5.88 Å². The standard InChI is InChI=1S/C14H15NO2/c1-10-3-6-13(7-4-10)17-14-8-5-12(9-15-14)11(2)16/h3-9,11,16H,1-2H3/t11-/m0/s1. The van der Waals surface area contributed by atoms with Crippen molar-refractivity contribution in [2.75, 3.05) is 0 Å². The van der Waals surface area contributed by atoms with Crippen LogP contribution in [0.3, 0.4) is 0 Å². The van der Waals surface area contributed by atoms with Crippen LogP contribution in [0.5, 0.6) is 11.6 Å². The summed E-state index contributed by atoms with van der Waals surface area (Å²) in [5.41, 5.74) is 1.97. The minimum absolute atomic E-state index is 0.504. The lowest BCUT2D eigenvalue weighted by molar-refractivity contribution is 0.198. The van der Waals surface area contributed by atoms with Crippen LogP contribution in [0.2, 0.25) is 0 Å². The third kappa shape index (κ3) is 3.04. The van der Waals surface area contributed by atoms with E-state index in [9.17, 15) is 5.11 Å². The summed E-state index contributed by atoms with van der Waals surface area (Å²) in [5.74, 6) is 1.28. The van der Waals surface area contributed by atoms with Gasteiger partial charge in [0.05, 0.1) is 6.10 Å². The van der Waals surface area contributed by atoms with Gasteiger partial charge in [0.1, 0.15) is 5.75 Å². The maximum absolute atomic E-state index is 9.35. The van der Waals surface area contributed by atoms with Gasteiger partial charge in [0.25, 0.3) is 0 Å². The van der Waals surface area contributed by atoms with Crippen molar-refractivity contribution in [1.82, 2.24) is 4.98 Å². The van der Waals surface area contributed by atoms with Gasteiger partial charge in [0.15, 0.2) is 0 Å². The molecule has 3 heteroatoms. The zero-order valence-electron chi connectivity index (χ0n) is 9.92. The molecular weight excluding hydrogens is 214 g/mol. The SMILES string of the molecule is Cc1ccc(Oc2ccc([C@H](C)O)cn2)cc1. The van der Waals surface area contributed by atoms with E-state index in [4.69, 9.17) is 4.74 Å². The van der Waals surface area contributed by atoms with Crippen LogP contribution in [0.4, 0.5) is 0 Å². The summed E-state index contributed by atoms with van der Waals surface area (Å²) in [4.78, 5) is 4.14.